The summed E-state index contributed by atoms with van der Waals surface area (Å²) in [5, 5.41) is 12.8. The molecular formula is C11H14F3N5. The molecular weight excluding hydrogens is 259 g/mol. The summed E-state index contributed by atoms with van der Waals surface area (Å²) in [6.45, 7) is 4.84. The van der Waals surface area contributed by atoms with Gasteiger partial charge in [0.15, 0.2) is 5.69 Å². The summed E-state index contributed by atoms with van der Waals surface area (Å²) in [7, 11) is 0. The molecule has 0 aromatic carbocycles. The predicted octanol–water partition coefficient (Wildman–Crippen LogP) is 2.57. The molecule has 2 N–H and O–H groups in total. The van der Waals surface area contributed by atoms with Gasteiger partial charge < -0.3 is 5.32 Å². The lowest BCUT2D eigenvalue weighted by atomic mass is 10.3. The fourth-order valence-electron chi connectivity index (χ4n) is 1.70. The lowest BCUT2D eigenvalue weighted by Gasteiger charge is -2.00. The molecule has 0 atom stereocenters. The Morgan fingerprint density at radius 1 is 1.37 bits per heavy atom. The molecule has 19 heavy (non-hydrogen) atoms. The molecule has 0 saturated heterocycles. The number of nitrogens with zero attached hydrogens (tertiary/aromatic N) is 3. The third-order valence-corrected chi connectivity index (χ3v) is 2.66. The fraction of sp³-hybridized carbons (Fsp3) is 0.455. The molecule has 2 aromatic rings. The molecule has 0 aliphatic heterocycles. The smallest absolute Gasteiger partial charge is 0.363 e. The largest absolute Gasteiger partial charge is 0.435 e. The molecule has 0 aliphatic carbocycles. The zero-order chi connectivity index (χ0) is 14.0. The lowest BCUT2D eigenvalue weighted by molar-refractivity contribution is -0.141. The molecule has 2 heterocycles. The van der Waals surface area contributed by atoms with Crippen molar-refractivity contribution in [2.75, 3.05) is 5.32 Å². The maximum Gasteiger partial charge on any atom is 0.435 e. The zero-order valence-electron chi connectivity index (χ0n) is 10.5. The molecule has 8 heteroatoms. The topological polar surface area (TPSA) is 58.5 Å². The van der Waals surface area contributed by atoms with Gasteiger partial charge in [0, 0.05) is 18.3 Å². The second kappa shape index (κ2) is 4.94. The third-order valence-electron chi connectivity index (χ3n) is 2.66. The van der Waals surface area contributed by atoms with Crippen LogP contribution in [-0.2, 0) is 19.3 Å². The summed E-state index contributed by atoms with van der Waals surface area (Å²) in [6, 6.07) is 2.82. The van der Waals surface area contributed by atoms with Crippen LogP contribution in [0.5, 0.6) is 0 Å². The van der Waals surface area contributed by atoms with E-state index in [0.29, 0.717) is 11.5 Å². The number of nitrogens with one attached hydrogen (secondary N) is 2. The van der Waals surface area contributed by atoms with E-state index in [4.69, 9.17) is 0 Å². The number of aromatic nitrogens is 4. The van der Waals surface area contributed by atoms with E-state index >= 15 is 0 Å². The van der Waals surface area contributed by atoms with Crippen molar-refractivity contribution < 1.29 is 13.2 Å². The first-order valence-electron chi connectivity index (χ1n) is 5.80. The molecule has 0 amide bonds. The van der Waals surface area contributed by atoms with Crippen molar-refractivity contribution in [2.45, 2.75) is 33.1 Å². The van der Waals surface area contributed by atoms with Crippen molar-refractivity contribution in [3.63, 3.8) is 0 Å². The Balaban J connectivity index is 2.00. The van der Waals surface area contributed by atoms with Gasteiger partial charge in [0.25, 0.3) is 0 Å². The van der Waals surface area contributed by atoms with Crippen LogP contribution < -0.4 is 5.32 Å². The molecule has 0 fully saturated rings. The minimum atomic E-state index is -4.42. The average molecular weight is 273 g/mol. The van der Waals surface area contributed by atoms with Crippen LogP contribution in [0.2, 0.25) is 0 Å². The summed E-state index contributed by atoms with van der Waals surface area (Å²) in [5.74, 6) is 0.627. The second-order valence-corrected chi connectivity index (χ2v) is 4.12. The zero-order valence-corrected chi connectivity index (χ0v) is 10.5. The van der Waals surface area contributed by atoms with Crippen LogP contribution in [0.25, 0.3) is 0 Å². The van der Waals surface area contributed by atoms with Gasteiger partial charge in [0.05, 0.1) is 12.2 Å². The highest BCUT2D eigenvalue weighted by Gasteiger charge is 2.33. The van der Waals surface area contributed by atoms with E-state index in [9.17, 15) is 13.2 Å². The van der Waals surface area contributed by atoms with E-state index in [1.54, 1.807) is 4.68 Å². The maximum atomic E-state index is 12.3. The number of hydrogen-bond acceptors (Lipinski definition) is 3. The molecule has 0 saturated carbocycles. The molecule has 0 spiro atoms. The third kappa shape index (κ3) is 3.07. The standard InChI is InChI=1S/C11H14F3N5/c1-3-19-7(2)4-10(18-19)15-6-8-5-9(17-16-8)11(12,13)14/h4-5H,3,6H2,1-2H3,(H,15,18)(H,16,17). The van der Waals surface area contributed by atoms with Gasteiger partial charge in [-0.05, 0) is 19.9 Å². The number of aromatic amines is 1. The first-order chi connectivity index (χ1) is 8.90. The molecule has 2 aromatic heterocycles. The van der Waals surface area contributed by atoms with E-state index in [1.165, 1.54) is 0 Å². The normalized spacial score (nSPS) is 11.8. The Labute approximate surface area is 107 Å². The maximum absolute atomic E-state index is 12.3. The number of H-pyrrole nitrogens is 1. The van der Waals surface area contributed by atoms with Crippen molar-refractivity contribution in [3.05, 3.63) is 29.2 Å². The Morgan fingerprint density at radius 2 is 2.11 bits per heavy atom. The minimum Gasteiger partial charge on any atom is -0.363 e. The number of aryl methyl sites for hydroxylation is 2. The van der Waals surface area contributed by atoms with Gasteiger partial charge in [-0.2, -0.15) is 23.4 Å². The molecule has 0 unspecified atom stereocenters. The molecule has 5 nitrogen and oxygen atoms in total. The first-order valence-corrected chi connectivity index (χ1v) is 5.80. The summed E-state index contributed by atoms with van der Waals surface area (Å²) in [5.41, 5.74) is 0.432. The number of rotatable bonds is 4. The molecule has 0 aliphatic rings. The summed E-state index contributed by atoms with van der Waals surface area (Å²) in [4.78, 5) is 0. The minimum absolute atomic E-state index is 0.212. The number of anilines is 1. The van der Waals surface area contributed by atoms with Gasteiger partial charge in [-0.25, -0.2) is 0 Å². The quantitative estimate of drug-likeness (QED) is 0.900. The highest BCUT2D eigenvalue weighted by molar-refractivity contribution is 5.36. The molecule has 104 valence electrons. The van der Waals surface area contributed by atoms with Crippen LogP contribution in [0.3, 0.4) is 0 Å². The van der Waals surface area contributed by atoms with Gasteiger partial charge >= 0.3 is 6.18 Å². The SMILES string of the molecule is CCn1nc(NCc2cc(C(F)(F)F)n[nH]2)cc1C. The fourth-order valence-corrected chi connectivity index (χ4v) is 1.70. The van der Waals surface area contributed by atoms with Gasteiger partial charge in [-0.3, -0.25) is 9.78 Å². The monoisotopic (exact) mass is 273 g/mol. The Hall–Kier alpha value is -1.99. The van der Waals surface area contributed by atoms with Crippen molar-refractivity contribution >= 4 is 5.82 Å². The van der Waals surface area contributed by atoms with Crippen LogP contribution in [0.15, 0.2) is 12.1 Å². The first kappa shape index (κ1) is 13.4. The van der Waals surface area contributed by atoms with Crippen LogP contribution >= 0.6 is 0 Å². The summed E-state index contributed by atoms with van der Waals surface area (Å²) >= 11 is 0. The number of alkyl halides is 3. The second-order valence-electron chi connectivity index (χ2n) is 4.12. The highest BCUT2D eigenvalue weighted by Crippen LogP contribution is 2.27. The molecule has 0 radical (unpaired) electrons. The van der Waals surface area contributed by atoms with E-state index in [2.05, 4.69) is 20.6 Å². The average Bonchev–Trinajstić information content (AvgIpc) is 2.92. The summed E-state index contributed by atoms with van der Waals surface area (Å²) < 4.78 is 38.8. The highest BCUT2D eigenvalue weighted by atomic mass is 19.4. The van der Waals surface area contributed by atoms with Crippen LogP contribution in [0.4, 0.5) is 19.0 Å². The Morgan fingerprint density at radius 3 is 2.63 bits per heavy atom. The Bertz CT molecular complexity index is 555. The number of halogens is 3. The van der Waals surface area contributed by atoms with Crippen molar-refractivity contribution in [1.29, 1.82) is 0 Å². The van der Waals surface area contributed by atoms with E-state index in [-0.39, 0.29) is 6.54 Å². The van der Waals surface area contributed by atoms with E-state index in [1.807, 2.05) is 19.9 Å². The van der Waals surface area contributed by atoms with Gasteiger partial charge in [0.2, 0.25) is 0 Å². The predicted molar refractivity (Wildman–Crippen MR) is 63.6 cm³/mol. The van der Waals surface area contributed by atoms with Crippen molar-refractivity contribution in [2.24, 2.45) is 0 Å². The van der Waals surface area contributed by atoms with Gasteiger partial charge in [-0.1, -0.05) is 0 Å². The molecule has 2 rings (SSSR count). The van der Waals surface area contributed by atoms with Crippen molar-refractivity contribution in [3.8, 4) is 0 Å². The Kier molecular flexibility index (Phi) is 3.50. The van der Waals surface area contributed by atoms with Crippen LogP contribution in [-0.4, -0.2) is 20.0 Å². The van der Waals surface area contributed by atoms with Gasteiger partial charge in [0.1, 0.15) is 5.82 Å². The lowest BCUT2D eigenvalue weighted by Crippen LogP contribution is -2.05. The summed E-state index contributed by atoms with van der Waals surface area (Å²) in [6.07, 6.45) is -4.42. The number of hydrogen-bond donors (Lipinski definition) is 2. The van der Waals surface area contributed by atoms with E-state index < -0.39 is 11.9 Å². The van der Waals surface area contributed by atoms with Gasteiger partial charge in [-0.15, -0.1) is 0 Å². The van der Waals surface area contributed by atoms with Crippen molar-refractivity contribution in [1.82, 2.24) is 20.0 Å². The van der Waals surface area contributed by atoms with Crippen LogP contribution in [0.1, 0.15) is 24.0 Å². The van der Waals surface area contributed by atoms with Crippen LogP contribution in [0, 0.1) is 6.92 Å². The van der Waals surface area contributed by atoms with E-state index in [0.717, 1.165) is 18.3 Å². The molecule has 0 bridgehead atoms.